The number of nitrogens with two attached hydrogens (primary N) is 1. The topological polar surface area (TPSA) is 72.2 Å². The van der Waals surface area contributed by atoms with E-state index >= 15 is 0 Å². The highest BCUT2D eigenvalue weighted by atomic mass is 32.2. The second-order valence-corrected chi connectivity index (χ2v) is 6.63. The Bertz CT molecular complexity index is 586. The molecule has 104 valence electrons. The first-order valence-electron chi connectivity index (χ1n) is 5.79. The van der Waals surface area contributed by atoms with Crippen LogP contribution in [0.2, 0.25) is 0 Å². The van der Waals surface area contributed by atoms with E-state index in [9.17, 15) is 8.42 Å². The molecule has 0 saturated heterocycles. The van der Waals surface area contributed by atoms with E-state index in [0.717, 1.165) is 16.9 Å². The number of hydrogen-bond donors (Lipinski definition) is 2. The molecule has 0 aromatic heterocycles. The quantitative estimate of drug-likeness (QED) is 0.627. The molecule has 6 heteroatoms. The smallest absolute Gasteiger partial charge is 0.240 e. The van der Waals surface area contributed by atoms with Gasteiger partial charge in [0.25, 0.3) is 0 Å². The molecule has 0 aliphatic heterocycles. The predicted molar refractivity (Wildman–Crippen MR) is 80.7 cm³/mol. The van der Waals surface area contributed by atoms with Gasteiger partial charge in [-0.2, -0.15) is 11.8 Å². The van der Waals surface area contributed by atoms with Gasteiger partial charge in [0.2, 0.25) is 10.0 Å². The Morgan fingerprint density at radius 1 is 1.42 bits per heavy atom. The molecule has 0 spiro atoms. The minimum absolute atomic E-state index is 0.268. The van der Waals surface area contributed by atoms with Crippen LogP contribution in [0, 0.1) is 18.8 Å². The van der Waals surface area contributed by atoms with Crippen molar-refractivity contribution in [3.8, 4) is 11.8 Å². The Balaban J connectivity index is 2.94. The number of nitrogens with one attached hydrogen (secondary N) is 1. The molecule has 0 aliphatic carbocycles. The van der Waals surface area contributed by atoms with Gasteiger partial charge in [0.15, 0.2) is 0 Å². The molecule has 0 radical (unpaired) electrons. The van der Waals surface area contributed by atoms with Crippen LogP contribution in [0.25, 0.3) is 0 Å². The molecule has 4 nitrogen and oxygen atoms in total. The van der Waals surface area contributed by atoms with Crippen LogP contribution < -0.4 is 10.5 Å². The van der Waals surface area contributed by atoms with Crippen molar-refractivity contribution in [3.05, 3.63) is 29.3 Å². The average Bonchev–Trinajstić information content (AvgIpc) is 2.37. The lowest BCUT2D eigenvalue weighted by Crippen LogP contribution is -2.26. The highest BCUT2D eigenvalue weighted by Crippen LogP contribution is 2.14. The van der Waals surface area contributed by atoms with Crippen LogP contribution in [0.15, 0.2) is 23.1 Å². The minimum atomic E-state index is -3.43. The minimum Gasteiger partial charge on any atom is -0.320 e. The number of aryl methyl sites for hydroxylation is 1. The SMILES string of the molecule is CSCCNS(=O)(=O)c1ccc(C#CCN)c(C)c1. The molecular formula is C13H18N2O2S2. The number of rotatable bonds is 5. The van der Waals surface area contributed by atoms with E-state index in [-0.39, 0.29) is 11.4 Å². The van der Waals surface area contributed by atoms with E-state index in [4.69, 9.17) is 5.73 Å². The molecule has 19 heavy (non-hydrogen) atoms. The van der Waals surface area contributed by atoms with Crippen LogP contribution >= 0.6 is 11.8 Å². The van der Waals surface area contributed by atoms with Crippen LogP contribution in [-0.4, -0.2) is 33.5 Å². The zero-order valence-corrected chi connectivity index (χ0v) is 12.7. The van der Waals surface area contributed by atoms with Crippen molar-refractivity contribution in [3.63, 3.8) is 0 Å². The standard InChI is InChI=1S/C13H18N2O2S2/c1-11-10-13(6-5-12(11)4-3-7-14)19(16,17)15-8-9-18-2/h5-6,10,15H,7-9,14H2,1-2H3. The lowest BCUT2D eigenvalue weighted by atomic mass is 10.1. The third-order valence-electron chi connectivity index (χ3n) is 2.43. The van der Waals surface area contributed by atoms with Gasteiger partial charge >= 0.3 is 0 Å². The first kappa shape index (κ1) is 16.1. The maximum atomic E-state index is 12.0. The lowest BCUT2D eigenvalue weighted by molar-refractivity contribution is 0.584. The van der Waals surface area contributed by atoms with Crippen LogP contribution in [0.3, 0.4) is 0 Å². The largest absolute Gasteiger partial charge is 0.320 e. The molecular weight excluding hydrogens is 280 g/mol. The summed E-state index contributed by atoms with van der Waals surface area (Å²) in [4.78, 5) is 0.268. The highest BCUT2D eigenvalue weighted by Gasteiger charge is 2.13. The second-order valence-electron chi connectivity index (χ2n) is 3.87. The van der Waals surface area contributed by atoms with Crippen molar-refractivity contribution < 1.29 is 8.42 Å². The third-order valence-corrected chi connectivity index (χ3v) is 4.50. The van der Waals surface area contributed by atoms with Crippen molar-refractivity contribution >= 4 is 21.8 Å². The Morgan fingerprint density at radius 2 is 2.16 bits per heavy atom. The van der Waals surface area contributed by atoms with Crippen molar-refractivity contribution in [2.75, 3.05) is 25.1 Å². The molecule has 0 amide bonds. The van der Waals surface area contributed by atoms with Crippen LogP contribution in [0.5, 0.6) is 0 Å². The van der Waals surface area contributed by atoms with E-state index in [2.05, 4.69) is 16.6 Å². The van der Waals surface area contributed by atoms with Gasteiger partial charge in [-0.1, -0.05) is 11.8 Å². The summed E-state index contributed by atoms with van der Waals surface area (Å²) in [5.41, 5.74) is 6.94. The Morgan fingerprint density at radius 3 is 2.74 bits per heavy atom. The molecule has 0 fully saturated rings. The summed E-state index contributed by atoms with van der Waals surface area (Å²) in [5.74, 6) is 6.41. The van der Waals surface area contributed by atoms with Crippen molar-refractivity contribution in [2.45, 2.75) is 11.8 Å². The van der Waals surface area contributed by atoms with Crippen molar-refractivity contribution in [2.24, 2.45) is 5.73 Å². The molecule has 0 heterocycles. The van der Waals surface area contributed by atoms with E-state index in [1.807, 2.05) is 13.2 Å². The van der Waals surface area contributed by atoms with Crippen molar-refractivity contribution in [1.29, 1.82) is 0 Å². The number of thioether (sulfide) groups is 1. The summed E-state index contributed by atoms with van der Waals surface area (Å²) < 4.78 is 26.6. The van der Waals surface area contributed by atoms with Crippen LogP contribution in [0.4, 0.5) is 0 Å². The Kier molecular flexibility index (Phi) is 6.38. The molecule has 0 saturated carbocycles. The number of sulfonamides is 1. The van der Waals surface area contributed by atoms with Crippen LogP contribution in [0.1, 0.15) is 11.1 Å². The summed E-state index contributed by atoms with van der Waals surface area (Å²) >= 11 is 1.60. The van der Waals surface area contributed by atoms with Gasteiger partial charge in [0.1, 0.15) is 0 Å². The molecule has 0 unspecified atom stereocenters. The van der Waals surface area contributed by atoms with Gasteiger partial charge in [-0.15, -0.1) is 0 Å². The highest BCUT2D eigenvalue weighted by molar-refractivity contribution is 7.98. The van der Waals surface area contributed by atoms with Crippen LogP contribution in [-0.2, 0) is 10.0 Å². The average molecular weight is 298 g/mol. The summed E-state index contributed by atoms with van der Waals surface area (Å²) in [5, 5.41) is 0. The third kappa shape index (κ3) is 4.88. The molecule has 0 aliphatic rings. The summed E-state index contributed by atoms with van der Waals surface area (Å²) in [6, 6.07) is 4.90. The molecule has 1 rings (SSSR count). The molecule has 1 aromatic carbocycles. The monoisotopic (exact) mass is 298 g/mol. The molecule has 3 N–H and O–H groups in total. The van der Waals surface area contributed by atoms with Crippen molar-refractivity contribution in [1.82, 2.24) is 4.72 Å². The van der Waals surface area contributed by atoms with Gasteiger partial charge in [-0.3, -0.25) is 0 Å². The fourth-order valence-corrected chi connectivity index (χ4v) is 3.00. The van der Waals surface area contributed by atoms with Gasteiger partial charge in [0, 0.05) is 17.9 Å². The first-order valence-corrected chi connectivity index (χ1v) is 8.67. The fraction of sp³-hybridized carbons (Fsp3) is 0.385. The van der Waals surface area contributed by atoms with Gasteiger partial charge in [-0.05, 0) is 36.9 Å². The maximum Gasteiger partial charge on any atom is 0.240 e. The van der Waals surface area contributed by atoms with E-state index in [1.165, 1.54) is 0 Å². The van der Waals surface area contributed by atoms with E-state index in [1.54, 1.807) is 30.0 Å². The fourth-order valence-electron chi connectivity index (χ4n) is 1.45. The van der Waals surface area contributed by atoms with Gasteiger partial charge < -0.3 is 5.73 Å². The maximum absolute atomic E-state index is 12.0. The second kappa shape index (κ2) is 7.56. The summed E-state index contributed by atoms with van der Waals surface area (Å²) in [6.45, 7) is 2.55. The molecule has 0 atom stereocenters. The zero-order chi connectivity index (χ0) is 14.3. The molecule has 1 aromatic rings. The van der Waals surface area contributed by atoms with Gasteiger partial charge in [-0.25, -0.2) is 13.1 Å². The molecule has 0 bridgehead atoms. The summed E-state index contributed by atoms with van der Waals surface area (Å²) in [6.07, 6.45) is 1.93. The van der Waals surface area contributed by atoms with E-state index in [0.29, 0.717) is 6.54 Å². The zero-order valence-electron chi connectivity index (χ0n) is 11.1. The number of hydrogen-bond acceptors (Lipinski definition) is 4. The number of benzene rings is 1. The predicted octanol–water partition coefficient (Wildman–Crippen LogP) is 0.947. The lowest BCUT2D eigenvalue weighted by Gasteiger charge is -2.07. The normalized spacial score (nSPS) is 10.9. The van der Waals surface area contributed by atoms with E-state index < -0.39 is 10.0 Å². The Hall–Kier alpha value is -1.00. The van der Waals surface area contributed by atoms with Gasteiger partial charge in [0.05, 0.1) is 11.4 Å². The first-order chi connectivity index (χ1) is 9.01. The summed E-state index contributed by atoms with van der Waals surface area (Å²) in [7, 11) is -3.43. The Labute approximate surface area is 119 Å².